The highest BCUT2D eigenvalue weighted by molar-refractivity contribution is 5.95. The van der Waals surface area contributed by atoms with Crippen LogP contribution >= 0.6 is 0 Å². The molecule has 7 nitrogen and oxygen atoms in total. The number of amides is 2. The normalized spacial score (nSPS) is 33.6. The predicted octanol–water partition coefficient (Wildman–Crippen LogP) is 8.03. The molecule has 0 saturated heterocycles. The van der Waals surface area contributed by atoms with E-state index in [-0.39, 0.29) is 22.6 Å². The molecule has 4 aliphatic rings. The van der Waals surface area contributed by atoms with Crippen molar-refractivity contribution >= 4 is 24.2 Å². The molecule has 0 spiro atoms. The van der Waals surface area contributed by atoms with Gasteiger partial charge in [-0.2, -0.15) is 36.5 Å². The van der Waals surface area contributed by atoms with Crippen molar-refractivity contribution in [2.45, 2.75) is 61.2 Å². The maximum Gasteiger partial charge on any atom is 0.428 e. The molecular formula is C32H26F12N4O3. The van der Waals surface area contributed by atoms with Gasteiger partial charge in [0.15, 0.2) is 0 Å². The maximum absolute atomic E-state index is 14.7. The third-order valence-corrected chi connectivity index (χ3v) is 10.4. The Hall–Kier alpha value is -4.32. The Morgan fingerprint density at radius 3 is 1.24 bits per heavy atom. The van der Waals surface area contributed by atoms with E-state index in [9.17, 15) is 62.3 Å². The zero-order chi connectivity index (χ0) is 37.4. The monoisotopic (exact) mass is 742 g/mol. The quantitative estimate of drug-likeness (QED) is 0.163. The minimum Gasteiger partial charge on any atom is -0.457 e. The fraction of sp³-hybridized carbons (Fsp3) is 0.500. The van der Waals surface area contributed by atoms with Gasteiger partial charge in [-0.05, 0) is 74.2 Å². The molecular weight excluding hydrogens is 716 g/mol. The molecule has 4 fully saturated rings. The third-order valence-electron chi connectivity index (χ3n) is 10.4. The zero-order valence-electron chi connectivity index (χ0n) is 25.7. The Morgan fingerprint density at radius 2 is 0.941 bits per heavy atom. The van der Waals surface area contributed by atoms with Gasteiger partial charge in [-0.1, -0.05) is 0 Å². The molecule has 51 heavy (non-hydrogen) atoms. The van der Waals surface area contributed by atoms with E-state index in [1.165, 1.54) is 48.5 Å². The Labute approximate surface area is 280 Å². The predicted molar refractivity (Wildman–Crippen MR) is 154 cm³/mol. The van der Waals surface area contributed by atoms with Gasteiger partial charge in [-0.25, -0.2) is 37.2 Å². The van der Waals surface area contributed by atoms with Crippen LogP contribution in [0, 0.1) is 35.5 Å². The first-order chi connectivity index (χ1) is 23.6. The van der Waals surface area contributed by atoms with Crippen molar-refractivity contribution in [2.75, 3.05) is 0 Å². The molecule has 4 saturated carbocycles. The number of hydrogen-bond acceptors (Lipinski definition) is 5. The molecule has 19 heteroatoms. The van der Waals surface area contributed by atoms with Crippen molar-refractivity contribution in [1.29, 1.82) is 0 Å². The second-order valence-electron chi connectivity index (χ2n) is 13.1. The number of carbonyl (C=O) groups excluding carboxylic acids is 2. The number of rotatable bonds is 8. The molecule has 0 radical (unpaired) electrons. The number of fused-ring (bicyclic) bond motifs is 4. The number of ether oxygens (including phenoxy) is 1. The van der Waals surface area contributed by atoms with Crippen LogP contribution in [0.3, 0.4) is 0 Å². The molecule has 2 aromatic carbocycles. The highest BCUT2D eigenvalue weighted by atomic mass is 19.4. The molecule has 2 amide bonds. The van der Waals surface area contributed by atoms with E-state index in [1.807, 2.05) is 0 Å². The molecule has 8 atom stereocenters. The molecule has 2 aromatic rings. The summed E-state index contributed by atoms with van der Waals surface area (Å²) < 4.78 is 171. The standard InChI is InChI=1S/C32H26F12N4O3/c33-27(31(39,40)41)23-11-19(29(27,35)36)9-17(23)13-45-47-25(49)15-1-5-21(6-2-15)51-22-7-3-16(4-8-22)26(50)48-46-14-18-10-20-12-24(18)28(34,30(20,37)38)32(42,43)44/h1-8,13-14,17-20,23-24H,9-12H2,(H,47,49)(H,48,50)/b45-13-,46-14-/t17-,18+,19-,20-,23+,24+,27-,28-/m0/s1. The minimum atomic E-state index is -5.79. The Kier molecular flexibility index (Phi) is 8.68. The summed E-state index contributed by atoms with van der Waals surface area (Å²) >= 11 is 0. The van der Waals surface area contributed by atoms with Crippen molar-refractivity contribution in [2.24, 2.45) is 45.7 Å². The first-order valence-electron chi connectivity index (χ1n) is 15.4. The molecule has 2 N–H and O–H groups in total. The lowest BCUT2D eigenvalue weighted by atomic mass is 9.76. The topological polar surface area (TPSA) is 92.1 Å². The van der Waals surface area contributed by atoms with E-state index in [4.69, 9.17) is 4.74 Å². The Morgan fingerprint density at radius 1 is 0.608 bits per heavy atom. The second-order valence-corrected chi connectivity index (χ2v) is 13.1. The second kappa shape index (κ2) is 12.1. The molecule has 4 aliphatic carbocycles. The van der Waals surface area contributed by atoms with E-state index in [1.54, 1.807) is 0 Å². The largest absolute Gasteiger partial charge is 0.457 e. The van der Waals surface area contributed by atoms with Crippen molar-refractivity contribution in [3.63, 3.8) is 0 Å². The van der Waals surface area contributed by atoms with Crippen LogP contribution in [0.1, 0.15) is 46.4 Å². The number of carbonyl (C=O) groups is 2. The Balaban J connectivity index is 0.988. The van der Waals surface area contributed by atoms with Crippen LogP contribution in [-0.4, -0.2) is 59.8 Å². The van der Waals surface area contributed by atoms with E-state index < -0.39 is 109 Å². The molecule has 0 heterocycles. The zero-order valence-corrected chi connectivity index (χ0v) is 25.7. The van der Waals surface area contributed by atoms with Gasteiger partial charge in [0.25, 0.3) is 35.0 Å². The van der Waals surface area contributed by atoms with Crippen molar-refractivity contribution < 1.29 is 67.0 Å². The van der Waals surface area contributed by atoms with Crippen LogP contribution in [0.25, 0.3) is 0 Å². The van der Waals surface area contributed by atoms with E-state index in [2.05, 4.69) is 21.1 Å². The van der Waals surface area contributed by atoms with Gasteiger partial charge in [0, 0.05) is 59.1 Å². The third kappa shape index (κ3) is 5.70. The number of benzene rings is 2. The molecule has 0 aliphatic heterocycles. The summed E-state index contributed by atoms with van der Waals surface area (Å²) in [7, 11) is 0. The van der Waals surface area contributed by atoms with Gasteiger partial charge in [0.2, 0.25) is 0 Å². The highest BCUT2D eigenvalue weighted by Gasteiger charge is 2.84. The van der Waals surface area contributed by atoms with Crippen molar-refractivity contribution in [3.8, 4) is 11.5 Å². The molecule has 6 rings (SSSR count). The first kappa shape index (κ1) is 36.5. The van der Waals surface area contributed by atoms with Crippen molar-refractivity contribution in [1.82, 2.24) is 10.9 Å². The van der Waals surface area contributed by atoms with Crippen LogP contribution in [0.15, 0.2) is 58.7 Å². The van der Waals surface area contributed by atoms with Gasteiger partial charge < -0.3 is 4.74 Å². The lowest BCUT2D eigenvalue weighted by Gasteiger charge is -2.40. The van der Waals surface area contributed by atoms with Gasteiger partial charge >= 0.3 is 12.4 Å². The molecule has 4 bridgehead atoms. The van der Waals surface area contributed by atoms with Crippen LogP contribution in [-0.2, 0) is 0 Å². The number of nitrogens with zero attached hydrogens (tertiary/aromatic N) is 2. The summed E-state index contributed by atoms with van der Waals surface area (Å²) in [5, 5.41) is 7.13. The summed E-state index contributed by atoms with van der Waals surface area (Å²) in [6, 6.07) is 10.7. The summed E-state index contributed by atoms with van der Waals surface area (Å²) in [5.41, 5.74) is -5.21. The highest BCUT2D eigenvalue weighted by Crippen LogP contribution is 2.69. The fourth-order valence-corrected chi connectivity index (χ4v) is 7.86. The van der Waals surface area contributed by atoms with Crippen LogP contribution < -0.4 is 15.6 Å². The Bertz CT molecular complexity index is 1600. The van der Waals surface area contributed by atoms with Gasteiger partial charge in [0.1, 0.15) is 11.5 Å². The van der Waals surface area contributed by atoms with Crippen LogP contribution in [0.5, 0.6) is 11.5 Å². The fourth-order valence-electron chi connectivity index (χ4n) is 7.86. The van der Waals surface area contributed by atoms with Gasteiger partial charge in [-0.15, -0.1) is 0 Å². The average molecular weight is 743 g/mol. The SMILES string of the molecule is O=C(N/N=C\[C@@H]1C[C@H]2C[C@H]1[C@@](F)(C(F)(F)F)C2(F)F)c1ccc(Oc2ccc(C(=O)N/N=C\[C@H]3C[C@H]4C[C@H]3[C@@](F)(C(F)(F)F)C4(F)F)cc2)cc1. The summed E-state index contributed by atoms with van der Waals surface area (Å²) in [5.74, 6) is -20.6. The number of hydrazone groups is 2. The van der Waals surface area contributed by atoms with Crippen LogP contribution in [0.2, 0.25) is 0 Å². The van der Waals surface area contributed by atoms with Gasteiger partial charge in [-0.3, -0.25) is 9.59 Å². The van der Waals surface area contributed by atoms with E-state index in [0.717, 1.165) is 12.4 Å². The smallest absolute Gasteiger partial charge is 0.428 e. The lowest BCUT2D eigenvalue weighted by Crippen LogP contribution is -2.60. The molecule has 0 unspecified atom stereocenters. The number of alkyl halides is 12. The number of nitrogens with one attached hydrogen (secondary N) is 2. The van der Waals surface area contributed by atoms with Crippen LogP contribution in [0.4, 0.5) is 52.7 Å². The minimum absolute atomic E-state index is 0.0245. The van der Waals surface area contributed by atoms with E-state index >= 15 is 0 Å². The van der Waals surface area contributed by atoms with E-state index in [0.29, 0.717) is 0 Å². The first-order valence-corrected chi connectivity index (χ1v) is 15.4. The molecule has 276 valence electrons. The number of halogens is 12. The van der Waals surface area contributed by atoms with Gasteiger partial charge in [0.05, 0.1) is 0 Å². The van der Waals surface area contributed by atoms with Crippen molar-refractivity contribution in [3.05, 3.63) is 59.7 Å². The maximum atomic E-state index is 14.7. The lowest BCUT2D eigenvalue weighted by molar-refractivity contribution is -0.320. The summed E-state index contributed by atoms with van der Waals surface area (Å²) in [4.78, 5) is 24.9. The molecule has 0 aromatic heterocycles. The number of hydrogen-bond donors (Lipinski definition) is 2. The summed E-state index contributed by atoms with van der Waals surface area (Å²) in [6.07, 6.45) is -12.1. The average Bonchev–Trinajstić information content (AvgIpc) is 3.77. The summed E-state index contributed by atoms with van der Waals surface area (Å²) in [6.45, 7) is 0.